The van der Waals surface area contributed by atoms with Gasteiger partial charge in [-0.3, -0.25) is 4.79 Å². The molecule has 0 aromatic heterocycles. The van der Waals surface area contributed by atoms with Crippen LogP contribution in [-0.2, 0) is 9.53 Å². The standard InChI is InChI=1S/C17H18N2O3/c1-22-16(21)17-9-7-14(11-13(17)8-10-18)19(17)15(20)12-5-3-2-4-6-12/h2-6,13-14H,7-9,11H2,1H3/t13-,14-,17+/m1/s1. The number of ether oxygens (including phenoxy) is 1. The molecule has 0 N–H and O–H groups in total. The average Bonchev–Trinajstić information content (AvgIpc) is 3.08. The summed E-state index contributed by atoms with van der Waals surface area (Å²) in [7, 11) is 1.34. The smallest absolute Gasteiger partial charge is 0.332 e. The van der Waals surface area contributed by atoms with Crippen LogP contribution < -0.4 is 0 Å². The van der Waals surface area contributed by atoms with Crippen LogP contribution in [0.4, 0.5) is 0 Å². The summed E-state index contributed by atoms with van der Waals surface area (Å²) in [6, 6.07) is 11.1. The molecule has 2 saturated heterocycles. The molecule has 22 heavy (non-hydrogen) atoms. The molecule has 1 aromatic rings. The molecule has 0 saturated carbocycles. The highest BCUT2D eigenvalue weighted by Crippen LogP contribution is 2.52. The highest BCUT2D eigenvalue weighted by atomic mass is 16.5. The van der Waals surface area contributed by atoms with Gasteiger partial charge < -0.3 is 9.64 Å². The second-order valence-corrected chi connectivity index (χ2v) is 5.94. The van der Waals surface area contributed by atoms with Crippen LogP contribution >= 0.6 is 0 Å². The summed E-state index contributed by atoms with van der Waals surface area (Å²) in [4.78, 5) is 27.1. The van der Waals surface area contributed by atoms with Gasteiger partial charge in [0.1, 0.15) is 5.54 Å². The van der Waals surface area contributed by atoms with Crippen LogP contribution in [0.3, 0.4) is 0 Å². The quantitative estimate of drug-likeness (QED) is 0.802. The fourth-order valence-electron chi connectivity index (χ4n) is 4.08. The van der Waals surface area contributed by atoms with Crippen LogP contribution in [0.5, 0.6) is 0 Å². The Morgan fingerprint density at radius 2 is 2.14 bits per heavy atom. The molecule has 5 nitrogen and oxygen atoms in total. The molecule has 3 rings (SSSR count). The highest BCUT2D eigenvalue weighted by Gasteiger charge is 2.64. The molecule has 2 bridgehead atoms. The van der Waals surface area contributed by atoms with E-state index in [1.54, 1.807) is 17.0 Å². The maximum Gasteiger partial charge on any atom is 0.332 e. The molecule has 1 aromatic carbocycles. The maximum absolute atomic E-state index is 12.9. The van der Waals surface area contributed by atoms with E-state index < -0.39 is 11.5 Å². The van der Waals surface area contributed by atoms with Crippen molar-refractivity contribution in [2.45, 2.75) is 37.3 Å². The predicted octanol–water partition coefficient (Wildman–Crippen LogP) is 2.14. The summed E-state index contributed by atoms with van der Waals surface area (Å²) in [6.45, 7) is 0. The highest BCUT2D eigenvalue weighted by molar-refractivity contribution is 5.99. The van der Waals surface area contributed by atoms with Gasteiger partial charge in [-0.2, -0.15) is 5.26 Å². The Bertz CT molecular complexity index is 637. The Hall–Kier alpha value is -2.35. The number of fused-ring (bicyclic) bond motifs is 2. The van der Waals surface area contributed by atoms with Crippen molar-refractivity contribution in [1.82, 2.24) is 4.90 Å². The zero-order chi connectivity index (χ0) is 15.7. The summed E-state index contributed by atoms with van der Waals surface area (Å²) in [5, 5.41) is 9.06. The van der Waals surface area contributed by atoms with Gasteiger partial charge in [-0.05, 0) is 31.4 Å². The van der Waals surface area contributed by atoms with Crippen molar-refractivity contribution < 1.29 is 14.3 Å². The number of nitriles is 1. The van der Waals surface area contributed by atoms with Gasteiger partial charge in [-0.25, -0.2) is 4.79 Å². The third kappa shape index (κ3) is 1.91. The van der Waals surface area contributed by atoms with Crippen molar-refractivity contribution in [3.8, 4) is 6.07 Å². The van der Waals surface area contributed by atoms with Crippen molar-refractivity contribution in [2.24, 2.45) is 5.92 Å². The Balaban J connectivity index is 2.02. The lowest BCUT2D eigenvalue weighted by Crippen LogP contribution is -2.54. The Kier molecular flexibility index (Phi) is 3.61. The van der Waals surface area contributed by atoms with Crippen LogP contribution in [0.15, 0.2) is 30.3 Å². The third-order valence-electron chi connectivity index (χ3n) is 5.00. The van der Waals surface area contributed by atoms with E-state index in [2.05, 4.69) is 6.07 Å². The first-order chi connectivity index (χ1) is 10.6. The minimum absolute atomic E-state index is 0.0187. The number of benzene rings is 1. The van der Waals surface area contributed by atoms with Crippen molar-refractivity contribution >= 4 is 11.9 Å². The SMILES string of the molecule is COC(=O)[C@]12CC[C@H](C[C@H]1CC#N)N2C(=O)c1ccccc1. The summed E-state index contributed by atoms with van der Waals surface area (Å²) in [5.41, 5.74) is -0.400. The number of nitrogens with zero attached hydrogens (tertiary/aromatic N) is 2. The van der Waals surface area contributed by atoms with Crippen LogP contribution in [0.25, 0.3) is 0 Å². The van der Waals surface area contributed by atoms with E-state index in [0.29, 0.717) is 18.4 Å². The fourth-order valence-corrected chi connectivity index (χ4v) is 4.08. The van der Waals surface area contributed by atoms with E-state index in [0.717, 1.165) is 6.42 Å². The van der Waals surface area contributed by atoms with Gasteiger partial charge >= 0.3 is 5.97 Å². The lowest BCUT2D eigenvalue weighted by Gasteiger charge is -2.36. The summed E-state index contributed by atoms with van der Waals surface area (Å²) >= 11 is 0. The normalized spacial score (nSPS) is 29.2. The number of rotatable bonds is 3. The number of amides is 1. The summed E-state index contributed by atoms with van der Waals surface area (Å²) < 4.78 is 5.01. The van der Waals surface area contributed by atoms with Crippen molar-refractivity contribution in [3.05, 3.63) is 35.9 Å². The molecule has 2 fully saturated rings. The molecule has 0 radical (unpaired) electrons. The molecule has 0 unspecified atom stereocenters. The van der Waals surface area contributed by atoms with Crippen LogP contribution in [0.1, 0.15) is 36.0 Å². The van der Waals surface area contributed by atoms with E-state index in [1.807, 2.05) is 18.2 Å². The molecule has 1 amide bonds. The molecular formula is C17H18N2O3. The first-order valence-corrected chi connectivity index (χ1v) is 7.49. The largest absolute Gasteiger partial charge is 0.467 e. The average molecular weight is 298 g/mol. The third-order valence-corrected chi connectivity index (χ3v) is 5.00. The lowest BCUT2D eigenvalue weighted by atomic mass is 9.76. The minimum Gasteiger partial charge on any atom is -0.467 e. The van der Waals surface area contributed by atoms with Gasteiger partial charge in [-0.15, -0.1) is 0 Å². The molecular weight excluding hydrogens is 280 g/mol. The van der Waals surface area contributed by atoms with Gasteiger partial charge in [0.05, 0.1) is 13.2 Å². The molecule has 0 aliphatic carbocycles. The Morgan fingerprint density at radius 3 is 2.77 bits per heavy atom. The van der Waals surface area contributed by atoms with Gasteiger partial charge in [0.2, 0.25) is 0 Å². The molecule has 5 heteroatoms. The van der Waals surface area contributed by atoms with Crippen LogP contribution in [0, 0.1) is 17.2 Å². The van der Waals surface area contributed by atoms with Gasteiger partial charge in [-0.1, -0.05) is 18.2 Å². The molecule has 2 aliphatic heterocycles. The second-order valence-electron chi connectivity index (χ2n) is 5.94. The van der Waals surface area contributed by atoms with Crippen LogP contribution in [0.2, 0.25) is 0 Å². The topological polar surface area (TPSA) is 70.4 Å². The number of carbonyl (C=O) groups excluding carboxylic acids is 2. The zero-order valence-electron chi connectivity index (χ0n) is 12.5. The Labute approximate surface area is 129 Å². The monoisotopic (exact) mass is 298 g/mol. The fraction of sp³-hybridized carbons (Fsp3) is 0.471. The second kappa shape index (κ2) is 5.45. The minimum atomic E-state index is -0.970. The van der Waals surface area contributed by atoms with Crippen molar-refractivity contribution in [2.75, 3.05) is 7.11 Å². The first kappa shape index (κ1) is 14.6. The van der Waals surface area contributed by atoms with E-state index in [-0.39, 0.29) is 24.3 Å². The molecule has 2 aliphatic rings. The molecule has 2 heterocycles. The number of methoxy groups -OCH3 is 1. The number of carbonyl (C=O) groups is 2. The maximum atomic E-state index is 12.9. The lowest BCUT2D eigenvalue weighted by molar-refractivity contribution is -0.153. The van der Waals surface area contributed by atoms with Crippen molar-refractivity contribution in [1.29, 1.82) is 5.26 Å². The molecule has 0 spiro atoms. The van der Waals surface area contributed by atoms with E-state index in [4.69, 9.17) is 10.00 Å². The molecule has 3 atom stereocenters. The number of hydrogen-bond acceptors (Lipinski definition) is 4. The zero-order valence-corrected chi connectivity index (χ0v) is 12.5. The summed E-state index contributed by atoms with van der Waals surface area (Å²) in [6.07, 6.45) is 2.33. The number of esters is 1. The predicted molar refractivity (Wildman–Crippen MR) is 78.7 cm³/mol. The molecule has 114 valence electrons. The van der Waals surface area contributed by atoms with E-state index >= 15 is 0 Å². The van der Waals surface area contributed by atoms with Gasteiger partial charge in [0.25, 0.3) is 5.91 Å². The van der Waals surface area contributed by atoms with E-state index in [1.165, 1.54) is 7.11 Å². The van der Waals surface area contributed by atoms with Gasteiger partial charge in [0, 0.05) is 23.9 Å². The van der Waals surface area contributed by atoms with Gasteiger partial charge in [0.15, 0.2) is 0 Å². The first-order valence-electron chi connectivity index (χ1n) is 7.49. The number of hydrogen-bond donors (Lipinski definition) is 0. The van der Waals surface area contributed by atoms with Crippen molar-refractivity contribution in [3.63, 3.8) is 0 Å². The van der Waals surface area contributed by atoms with Crippen LogP contribution in [-0.4, -0.2) is 35.5 Å². The van der Waals surface area contributed by atoms with E-state index in [9.17, 15) is 9.59 Å². The summed E-state index contributed by atoms with van der Waals surface area (Å²) in [5.74, 6) is -0.678. The Morgan fingerprint density at radius 1 is 1.41 bits per heavy atom.